The van der Waals surface area contributed by atoms with Crippen LogP contribution in [0, 0.1) is 6.92 Å². The molecule has 132 valence electrons. The summed E-state index contributed by atoms with van der Waals surface area (Å²) >= 11 is 0. The molecule has 0 unspecified atom stereocenters. The summed E-state index contributed by atoms with van der Waals surface area (Å²) in [6.45, 7) is 4.41. The van der Waals surface area contributed by atoms with Crippen molar-refractivity contribution >= 4 is 29.9 Å². The Bertz CT molecular complexity index is 629. The summed E-state index contributed by atoms with van der Waals surface area (Å²) in [6, 6.07) is 10.1. The molecule has 24 heavy (non-hydrogen) atoms. The Hall–Kier alpha value is -1.68. The molecule has 0 spiro atoms. The Morgan fingerprint density at radius 2 is 1.96 bits per heavy atom. The van der Waals surface area contributed by atoms with Crippen LogP contribution in [0.25, 0.3) is 0 Å². The summed E-state index contributed by atoms with van der Waals surface area (Å²) in [7, 11) is 3.63. The van der Waals surface area contributed by atoms with E-state index >= 15 is 0 Å². The highest BCUT2D eigenvalue weighted by atomic mass is 127. The second kappa shape index (κ2) is 11.0. The molecule has 0 aliphatic carbocycles. The SMILES string of the molecule is COCCNC(=NCc1ccccc1)NCc1nnc(C)n1C.I. The van der Waals surface area contributed by atoms with Gasteiger partial charge in [-0.05, 0) is 12.5 Å². The molecule has 0 fully saturated rings. The van der Waals surface area contributed by atoms with E-state index in [4.69, 9.17) is 4.74 Å². The van der Waals surface area contributed by atoms with Crippen LogP contribution in [0.3, 0.4) is 0 Å². The number of halogens is 1. The number of benzene rings is 1. The smallest absolute Gasteiger partial charge is 0.192 e. The molecule has 2 aromatic rings. The van der Waals surface area contributed by atoms with E-state index in [2.05, 4.69) is 38.0 Å². The summed E-state index contributed by atoms with van der Waals surface area (Å²) in [4.78, 5) is 4.60. The average Bonchev–Trinajstić information content (AvgIpc) is 2.90. The van der Waals surface area contributed by atoms with Crippen molar-refractivity contribution in [2.24, 2.45) is 12.0 Å². The molecule has 1 aromatic carbocycles. The lowest BCUT2D eigenvalue weighted by molar-refractivity contribution is 0.203. The van der Waals surface area contributed by atoms with Gasteiger partial charge in [0.15, 0.2) is 11.8 Å². The predicted octanol–water partition coefficient (Wildman–Crippen LogP) is 1.62. The van der Waals surface area contributed by atoms with E-state index in [1.54, 1.807) is 7.11 Å². The molecule has 7 nitrogen and oxygen atoms in total. The van der Waals surface area contributed by atoms with Gasteiger partial charge in [-0.25, -0.2) is 4.99 Å². The van der Waals surface area contributed by atoms with Crippen molar-refractivity contribution in [2.45, 2.75) is 20.0 Å². The first kappa shape index (κ1) is 20.4. The van der Waals surface area contributed by atoms with Crippen molar-refractivity contribution in [1.82, 2.24) is 25.4 Å². The molecule has 1 aromatic heterocycles. The van der Waals surface area contributed by atoms with Gasteiger partial charge in [-0.15, -0.1) is 34.2 Å². The van der Waals surface area contributed by atoms with Gasteiger partial charge in [0, 0.05) is 20.7 Å². The number of hydrogen-bond acceptors (Lipinski definition) is 4. The highest BCUT2D eigenvalue weighted by Crippen LogP contribution is 2.00. The van der Waals surface area contributed by atoms with Crippen molar-refractivity contribution in [3.8, 4) is 0 Å². The van der Waals surface area contributed by atoms with Crippen molar-refractivity contribution in [2.75, 3.05) is 20.3 Å². The Labute approximate surface area is 159 Å². The monoisotopic (exact) mass is 444 g/mol. The first-order valence-electron chi connectivity index (χ1n) is 7.60. The molecule has 1 heterocycles. The van der Waals surface area contributed by atoms with Crippen molar-refractivity contribution in [1.29, 1.82) is 0 Å². The minimum absolute atomic E-state index is 0. The van der Waals surface area contributed by atoms with E-state index in [0.29, 0.717) is 26.2 Å². The molecule has 0 radical (unpaired) electrons. The summed E-state index contributed by atoms with van der Waals surface area (Å²) in [5.74, 6) is 2.48. The van der Waals surface area contributed by atoms with Crippen molar-refractivity contribution < 1.29 is 4.74 Å². The number of aryl methyl sites for hydroxylation is 1. The normalized spacial score (nSPS) is 11.0. The van der Waals surface area contributed by atoms with Crippen molar-refractivity contribution in [3.63, 3.8) is 0 Å². The molecular formula is C16H25IN6O. The van der Waals surface area contributed by atoms with Gasteiger partial charge in [0.2, 0.25) is 0 Å². The van der Waals surface area contributed by atoms with Crippen LogP contribution in [0.1, 0.15) is 17.2 Å². The number of hydrogen-bond donors (Lipinski definition) is 2. The maximum atomic E-state index is 5.07. The van der Waals surface area contributed by atoms with Gasteiger partial charge in [0.25, 0.3) is 0 Å². The zero-order valence-electron chi connectivity index (χ0n) is 14.3. The molecular weight excluding hydrogens is 419 g/mol. The Morgan fingerprint density at radius 3 is 2.58 bits per heavy atom. The van der Waals surface area contributed by atoms with Crippen LogP contribution in [-0.2, 0) is 24.9 Å². The van der Waals surface area contributed by atoms with Crippen molar-refractivity contribution in [3.05, 3.63) is 47.5 Å². The first-order chi connectivity index (χ1) is 11.2. The van der Waals surface area contributed by atoms with Gasteiger partial charge in [-0.1, -0.05) is 30.3 Å². The number of aromatic nitrogens is 3. The zero-order chi connectivity index (χ0) is 16.5. The standard InChI is InChI=1S/C16H24N6O.HI/c1-13-20-21-15(22(13)2)12-19-16(17-9-10-23-3)18-11-14-7-5-4-6-8-14;/h4-8H,9-12H2,1-3H3,(H2,17,18,19);1H. The van der Waals surface area contributed by atoms with Gasteiger partial charge >= 0.3 is 0 Å². The highest BCUT2D eigenvalue weighted by molar-refractivity contribution is 14.0. The van der Waals surface area contributed by atoms with Gasteiger partial charge in [0.05, 0.1) is 19.7 Å². The molecule has 0 amide bonds. The van der Waals surface area contributed by atoms with Crippen LogP contribution in [0.4, 0.5) is 0 Å². The second-order valence-electron chi connectivity index (χ2n) is 5.15. The predicted molar refractivity (Wildman–Crippen MR) is 105 cm³/mol. The number of guanidine groups is 1. The van der Waals surface area contributed by atoms with Gasteiger partial charge in [-0.2, -0.15) is 0 Å². The van der Waals surface area contributed by atoms with E-state index < -0.39 is 0 Å². The zero-order valence-corrected chi connectivity index (χ0v) is 16.7. The van der Waals surface area contributed by atoms with E-state index in [1.807, 2.05) is 36.7 Å². The fraction of sp³-hybridized carbons (Fsp3) is 0.438. The summed E-state index contributed by atoms with van der Waals surface area (Å²) in [5.41, 5.74) is 1.16. The molecule has 0 saturated carbocycles. The summed E-state index contributed by atoms with van der Waals surface area (Å²) in [6.07, 6.45) is 0. The van der Waals surface area contributed by atoms with Crippen LogP contribution in [0.15, 0.2) is 35.3 Å². The molecule has 0 saturated heterocycles. The number of aliphatic imine (C=N–C) groups is 1. The maximum Gasteiger partial charge on any atom is 0.192 e. The largest absolute Gasteiger partial charge is 0.383 e. The van der Waals surface area contributed by atoms with Crippen LogP contribution in [-0.4, -0.2) is 41.0 Å². The molecule has 2 rings (SSSR count). The third-order valence-electron chi connectivity index (χ3n) is 3.46. The minimum Gasteiger partial charge on any atom is -0.383 e. The fourth-order valence-electron chi connectivity index (χ4n) is 1.97. The Kier molecular flexibility index (Phi) is 9.31. The van der Waals surface area contributed by atoms with Crippen LogP contribution in [0.2, 0.25) is 0 Å². The highest BCUT2D eigenvalue weighted by Gasteiger charge is 2.06. The lowest BCUT2D eigenvalue weighted by Gasteiger charge is -2.12. The van der Waals surface area contributed by atoms with Crippen LogP contribution >= 0.6 is 24.0 Å². The third-order valence-corrected chi connectivity index (χ3v) is 3.46. The Balaban J connectivity index is 0.00000288. The van der Waals surface area contributed by atoms with E-state index in [0.717, 1.165) is 23.2 Å². The van der Waals surface area contributed by atoms with Gasteiger partial charge in [0.1, 0.15) is 5.82 Å². The lowest BCUT2D eigenvalue weighted by Crippen LogP contribution is -2.39. The molecule has 0 aliphatic rings. The second-order valence-corrected chi connectivity index (χ2v) is 5.15. The topological polar surface area (TPSA) is 76.4 Å². The molecule has 0 aliphatic heterocycles. The number of nitrogens with one attached hydrogen (secondary N) is 2. The maximum absolute atomic E-state index is 5.07. The lowest BCUT2D eigenvalue weighted by atomic mass is 10.2. The van der Waals surface area contributed by atoms with Gasteiger partial charge < -0.3 is 19.9 Å². The number of rotatable bonds is 7. The molecule has 0 atom stereocenters. The fourth-order valence-corrected chi connectivity index (χ4v) is 1.97. The molecule has 0 bridgehead atoms. The van der Waals surface area contributed by atoms with E-state index in [-0.39, 0.29) is 24.0 Å². The third kappa shape index (κ3) is 6.44. The van der Waals surface area contributed by atoms with E-state index in [9.17, 15) is 0 Å². The Morgan fingerprint density at radius 1 is 1.21 bits per heavy atom. The minimum atomic E-state index is 0. The summed E-state index contributed by atoms with van der Waals surface area (Å²) < 4.78 is 7.02. The first-order valence-corrected chi connectivity index (χ1v) is 7.60. The average molecular weight is 444 g/mol. The van der Waals surface area contributed by atoms with Gasteiger partial charge in [-0.3, -0.25) is 0 Å². The number of ether oxygens (including phenoxy) is 1. The van der Waals surface area contributed by atoms with Crippen LogP contribution in [0.5, 0.6) is 0 Å². The quantitative estimate of drug-likeness (QED) is 0.294. The number of nitrogens with zero attached hydrogens (tertiary/aromatic N) is 4. The summed E-state index contributed by atoms with van der Waals surface area (Å²) in [5, 5.41) is 14.7. The molecule has 2 N–H and O–H groups in total. The van der Waals surface area contributed by atoms with E-state index in [1.165, 1.54) is 0 Å². The van der Waals surface area contributed by atoms with Crippen LogP contribution < -0.4 is 10.6 Å². The number of methoxy groups -OCH3 is 1. The molecule has 8 heteroatoms.